The molecule has 3 rings (SSSR count). The van der Waals surface area contributed by atoms with E-state index < -0.39 is 11.8 Å². The summed E-state index contributed by atoms with van der Waals surface area (Å²) in [5.41, 5.74) is 4.77. The fourth-order valence-electron chi connectivity index (χ4n) is 3.65. The first kappa shape index (κ1) is 25.5. The van der Waals surface area contributed by atoms with E-state index in [4.69, 9.17) is 14.9 Å². The second-order valence-corrected chi connectivity index (χ2v) is 10.8. The second-order valence-electron chi connectivity index (χ2n) is 10.8. The van der Waals surface area contributed by atoms with Crippen LogP contribution < -0.4 is 4.74 Å². The molecule has 0 unspecified atom stereocenters. The number of hydrogen-bond acceptors (Lipinski definition) is 3. The molecule has 0 saturated heterocycles. The van der Waals surface area contributed by atoms with Crippen LogP contribution in [-0.2, 0) is 35.2 Å². The molecule has 0 atom stereocenters. The average molecular weight is 467 g/mol. The second kappa shape index (κ2) is 10.00. The Balaban J connectivity index is 1.66. The van der Waals surface area contributed by atoms with Crippen LogP contribution in [0.5, 0.6) is 5.75 Å². The van der Waals surface area contributed by atoms with Crippen LogP contribution in [0.15, 0.2) is 48.5 Å². The summed E-state index contributed by atoms with van der Waals surface area (Å²) in [4.78, 5) is 10.7. The molecular formula is C28H35FN2O3. The van der Waals surface area contributed by atoms with Crippen LogP contribution in [-0.4, -0.2) is 20.9 Å². The summed E-state index contributed by atoms with van der Waals surface area (Å²) in [5, 5.41) is 13.7. The van der Waals surface area contributed by atoms with Gasteiger partial charge in [-0.2, -0.15) is 5.10 Å². The number of aryl methyl sites for hydroxylation is 1. The topological polar surface area (TPSA) is 64.3 Å². The summed E-state index contributed by atoms with van der Waals surface area (Å²) in [7, 11) is 0. The fourth-order valence-corrected chi connectivity index (χ4v) is 3.65. The lowest BCUT2D eigenvalue weighted by Gasteiger charge is -2.20. The molecule has 0 saturated carbocycles. The van der Waals surface area contributed by atoms with Gasteiger partial charge in [0.15, 0.2) is 0 Å². The molecule has 182 valence electrons. The van der Waals surface area contributed by atoms with Gasteiger partial charge < -0.3 is 9.84 Å². The Bertz CT molecular complexity index is 1140. The summed E-state index contributed by atoms with van der Waals surface area (Å²) in [5.74, 6) is -0.973. The Morgan fingerprint density at radius 1 is 0.971 bits per heavy atom. The molecule has 1 N–H and O–H groups in total. The van der Waals surface area contributed by atoms with Gasteiger partial charge in [0.1, 0.15) is 18.2 Å². The predicted octanol–water partition coefficient (Wildman–Crippen LogP) is 6.26. The molecule has 0 aliphatic heterocycles. The van der Waals surface area contributed by atoms with Crippen LogP contribution >= 0.6 is 0 Å². The van der Waals surface area contributed by atoms with Gasteiger partial charge in [-0.25, -0.2) is 4.39 Å². The lowest BCUT2D eigenvalue weighted by molar-refractivity contribution is -0.136. The van der Waals surface area contributed by atoms with Crippen molar-refractivity contribution in [1.29, 1.82) is 0 Å². The average Bonchev–Trinajstić information content (AvgIpc) is 3.17. The van der Waals surface area contributed by atoms with Crippen LogP contribution in [0.2, 0.25) is 0 Å². The first-order chi connectivity index (χ1) is 15.8. The van der Waals surface area contributed by atoms with Gasteiger partial charge in [-0.1, -0.05) is 71.9 Å². The molecular weight excluding hydrogens is 431 g/mol. The van der Waals surface area contributed by atoms with E-state index in [-0.39, 0.29) is 23.7 Å². The maximum absolute atomic E-state index is 14.2. The van der Waals surface area contributed by atoms with E-state index in [0.717, 1.165) is 16.8 Å². The Hall–Kier alpha value is -3.15. The van der Waals surface area contributed by atoms with Gasteiger partial charge in [0, 0.05) is 29.0 Å². The maximum atomic E-state index is 14.2. The molecule has 0 radical (unpaired) electrons. The first-order valence-electron chi connectivity index (χ1n) is 11.6. The monoisotopic (exact) mass is 466 g/mol. The Morgan fingerprint density at radius 3 is 2.18 bits per heavy atom. The SMILES string of the molecule is CC(C)(C)c1cc(C(C)(C)C)n(Cc2ccc(COc3ccc(CCC(=O)O)c(F)c3)cc2)n1. The van der Waals surface area contributed by atoms with Crippen LogP contribution in [0.1, 0.15) is 76.0 Å². The van der Waals surface area contributed by atoms with Crippen molar-refractivity contribution in [3.63, 3.8) is 0 Å². The molecule has 0 bridgehead atoms. The van der Waals surface area contributed by atoms with Gasteiger partial charge >= 0.3 is 5.97 Å². The third kappa shape index (κ3) is 6.69. The smallest absolute Gasteiger partial charge is 0.303 e. The molecule has 34 heavy (non-hydrogen) atoms. The maximum Gasteiger partial charge on any atom is 0.303 e. The number of aliphatic carboxylic acids is 1. The number of carboxylic acid groups (broad SMARTS) is 1. The zero-order chi connectivity index (χ0) is 25.1. The minimum absolute atomic E-state index is 0.0112. The molecule has 2 aromatic carbocycles. The van der Waals surface area contributed by atoms with E-state index in [1.807, 2.05) is 12.1 Å². The number of carbonyl (C=O) groups is 1. The number of halogens is 1. The molecule has 5 nitrogen and oxygen atoms in total. The Labute approximate surface area is 201 Å². The number of nitrogens with zero attached hydrogens (tertiary/aromatic N) is 2. The number of hydrogen-bond donors (Lipinski definition) is 1. The highest BCUT2D eigenvalue weighted by Crippen LogP contribution is 2.29. The zero-order valence-corrected chi connectivity index (χ0v) is 21.0. The number of aromatic nitrogens is 2. The highest BCUT2D eigenvalue weighted by molar-refractivity contribution is 5.67. The van der Waals surface area contributed by atoms with E-state index in [1.165, 1.54) is 11.8 Å². The van der Waals surface area contributed by atoms with Crippen molar-refractivity contribution >= 4 is 5.97 Å². The molecule has 0 fully saturated rings. The van der Waals surface area contributed by atoms with Crippen molar-refractivity contribution in [3.05, 3.63) is 82.4 Å². The number of ether oxygens (including phenoxy) is 1. The highest BCUT2D eigenvalue weighted by Gasteiger charge is 2.25. The third-order valence-electron chi connectivity index (χ3n) is 5.71. The van der Waals surface area contributed by atoms with Gasteiger partial charge in [-0.3, -0.25) is 9.48 Å². The molecule has 1 aromatic heterocycles. The lowest BCUT2D eigenvalue weighted by atomic mass is 9.88. The summed E-state index contributed by atoms with van der Waals surface area (Å²) in [6.07, 6.45) is 0.0596. The molecule has 1 heterocycles. The quantitative estimate of drug-likeness (QED) is 0.425. The molecule has 6 heteroatoms. The highest BCUT2D eigenvalue weighted by atomic mass is 19.1. The van der Waals surface area contributed by atoms with E-state index >= 15 is 0 Å². The fraction of sp³-hybridized carbons (Fsp3) is 0.429. The summed E-state index contributed by atoms with van der Waals surface area (Å²) in [6, 6.07) is 14.9. The van der Waals surface area contributed by atoms with Crippen LogP contribution in [0.3, 0.4) is 0 Å². The standard InChI is InChI=1S/C28H35FN2O3/c1-27(2,3)24-16-25(28(4,5)6)31(30-24)17-19-7-9-20(10-8-19)18-34-22-13-11-21(23(29)15-22)12-14-26(32)33/h7-11,13,15-16H,12,14,17-18H2,1-6H3,(H,32,33). The van der Waals surface area contributed by atoms with Crippen molar-refractivity contribution in [2.75, 3.05) is 0 Å². The summed E-state index contributed by atoms with van der Waals surface area (Å²) in [6.45, 7) is 14.1. The van der Waals surface area contributed by atoms with E-state index in [2.05, 4.69) is 64.4 Å². The van der Waals surface area contributed by atoms with Gasteiger partial charge in [-0.05, 0) is 35.2 Å². The summed E-state index contributed by atoms with van der Waals surface area (Å²) >= 11 is 0. The molecule has 3 aromatic rings. The van der Waals surface area contributed by atoms with Gasteiger partial charge in [0.2, 0.25) is 0 Å². The third-order valence-corrected chi connectivity index (χ3v) is 5.71. The van der Waals surface area contributed by atoms with Gasteiger partial charge in [-0.15, -0.1) is 0 Å². The minimum atomic E-state index is -0.944. The van der Waals surface area contributed by atoms with Gasteiger partial charge in [0.25, 0.3) is 0 Å². The van der Waals surface area contributed by atoms with E-state index in [1.54, 1.807) is 12.1 Å². The lowest BCUT2D eigenvalue weighted by Crippen LogP contribution is -2.19. The van der Waals surface area contributed by atoms with Crippen LogP contribution in [0.25, 0.3) is 0 Å². The summed E-state index contributed by atoms with van der Waals surface area (Å²) < 4.78 is 22.0. The van der Waals surface area contributed by atoms with Crippen molar-refractivity contribution in [2.24, 2.45) is 0 Å². The van der Waals surface area contributed by atoms with Crippen molar-refractivity contribution in [3.8, 4) is 5.75 Å². The van der Waals surface area contributed by atoms with Crippen molar-refractivity contribution in [2.45, 2.75) is 78.4 Å². The van der Waals surface area contributed by atoms with Crippen LogP contribution in [0, 0.1) is 5.82 Å². The van der Waals surface area contributed by atoms with Crippen molar-refractivity contribution in [1.82, 2.24) is 9.78 Å². The Kier molecular flexibility index (Phi) is 7.49. The van der Waals surface area contributed by atoms with Crippen LogP contribution in [0.4, 0.5) is 4.39 Å². The normalized spacial score (nSPS) is 12.1. The predicted molar refractivity (Wildman–Crippen MR) is 132 cm³/mol. The number of carboxylic acids is 1. The Morgan fingerprint density at radius 2 is 1.62 bits per heavy atom. The number of rotatable bonds is 8. The zero-order valence-electron chi connectivity index (χ0n) is 21.0. The first-order valence-corrected chi connectivity index (χ1v) is 11.6. The molecule has 0 amide bonds. The largest absolute Gasteiger partial charge is 0.489 e. The van der Waals surface area contributed by atoms with Crippen molar-refractivity contribution < 1.29 is 19.0 Å². The van der Waals surface area contributed by atoms with Gasteiger partial charge in [0.05, 0.1) is 12.2 Å². The minimum Gasteiger partial charge on any atom is -0.489 e. The van der Waals surface area contributed by atoms with E-state index in [9.17, 15) is 9.18 Å². The molecule has 0 spiro atoms. The molecule has 0 aliphatic rings. The van der Waals surface area contributed by atoms with E-state index in [0.29, 0.717) is 24.5 Å². The molecule has 0 aliphatic carbocycles. The number of benzene rings is 2.